The van der Waals surface area contributed by atoms with E-state index >= 15 is 0 Å². The van der Waals surface area contributed by atoms with Crippen molar-refractivity contribution in [1.82, 2.24) is 0 Å². The van der Waals surface area contributed by atoms with Gasteiger partial charge in [-0.15, -0.1) is 0 Å². The predicted octanol–water partition coefficient (Wildman–Crippen LogP) is 3.19. The molecule has 17 heavy (non-hydrogen) atoms. The summed E-state index contributed by atoms with van der Waals surface area (Å²) in [6, 6.07) is 0. The Bertz CT molecular complexity index is 280. The first-order valence-electron chi connectivity index (χ1n) is 5.70. The number of hydrogen-bond acceptors (Lipinski definition) is 5. The third-order valence-electron chi connectivity index (χ3n) is 2.71. The van der Waals surface area contributed by atoms with Gasteiger partial charge in [0.15, 0.2) is 5.78 Å². The lowest BCUT2D eigenvalue weighted by Crippen LogP contribution is -2.28. The summed E-state index contributed by atoms with van der Waals surface area (Å²) >= 11 is 0. The first-order valence-corrected chi connectivity index (χ1v) is 7.16. The van der Waals surface area contributed by atoms with E-state index in [1.807, 2.05) is 13.8 Å². The van der Waals surface area contributed by atoms with Gasteiger partial charge in [-0.1, -0.05) is 33.6 Å². The lowest BCUT2D eigenvalue weighted by Gasteiger charge is -2.23. The second-order valence-corrected chi connectivity index (χ2v) is 6.38. The maximum Gasteiger partial charge on any atom is 0.474 e. The van der Waals surface area contributed by atoms with Gasteiger partial charge in [0.25, 0.3) is 0 Å². The highest BCUT2D eigenvalue weighted by atomic mass is 31.2. The quantitative estimate of drug-likeness (QED) is 0.600. The average Bonchev–Trinajstić information content (AvgIpc) is 2.33. The van der Waals surface area contributed by atoms with E-state index in [9.17, 15) is 9.36 Å². The van der Waals surface area contributed by atoms with Crippen LogP contribution in [0.4, 0.5) is 0 Å². The Hall–Kier alpha value is -0.220. The maximum atomic E-state index is 11.9. The van der Waals surface area contributed by atoms with Crippen LogP contribution in [-0.4, -0.2) is 26.6 Å². The van der Waals surface area contributed by atoms with Crippen LogP contribution in [0.15, 0.2) is 0 Å². The number of ketones is 1. The van der Waals surface area contributed by atoms with Crippen LogP contribution in [-0.2, 0) is 22.9 Å². The van der Waals surface area contributed by atoms with Crippen molar-refractivity contribution in [2.45, 2.75) is 40.0 Å². The fourth-order valence-corrected chi connectivity index (χ4v) is 1.91. The Morgan fingerprint density at radius 1 is 1.24 bits per heavy atom. The zero-order valence-corrected chi connectivity index (χ0v) is 12.2. The molecule has 0 saturated carbocycles. The minimum atomic E-state index is -3.55. The molecule has 0 amide bonds. The third kappa shape index (κ3) is 5.77. The van der Waals surface area contributed by atoms with E-state index < -0.39 is 13.2 Å². The lowest BCUT2D eigenvalue weighted by molar-refractivity contribution is -0.130. The van der Waals surface area contributed by atoms with Crippen molar-refractivity contribution in [3.8, 4) is 0 Å². The SMILES string of the molecule is CCCCC(C)(C)C(=O)COP(=O)(OC)OC. The smallest absolute Gasteiger partial charge is 0.296 e. The Labute approximate surface area is 103 Å². The van der Waals surface area contributed by atoms with Crippen LogP contribution in [0.5, 0.6) is 0 Å². The monoisotopic (exact) mass is 266 g/mol. The Morgan fingerprint density at radius 2 is 1.76 bits per heavy atom. The molecule has 0 aromatic rings. The molecule has 0 atom stereocenters. The zero-order chi connectivity index (χ0) is 13.5. The number of phosphoric acid groups is 1. The molecule has 0 aromatic carbocycles. The largest absolute Gasteiger partial charge is 0.474 e. The predicted molar refractivity (Wildman–Crippen MR) is 65.9 cm³/mol. The van der Waals surface area contributed by atoms with Crippen LogP contribution in [0.25, 0.3) is 0 Å². The molecule has 0 unspecified atom stereocenters. The molecule has 0 N–H and O–H groups in total. The van der Waals surface area contributed by atoms with Crippen LogP contribution in [0, 0.1) is 5.41 Å². The summed E-state index contributed by atoms with van der Waals surface area (Å²) in [5.41, 5.74) is -0.470. The topological polar surface area (TPSA) is 61.8 Å². The Morgan fingerprint density at radius 3 is 2.18 bits per heavy atom. The van der Waals surface area contributed by atoms with Gasteiger partial charge in [-0.2, -0.15) is 0 Å². The molecular formula is C11H23O5P. The summed E-state index contributed by atoms with van der Waals surface area (Å²) in [6.45, 7) is 5.54. The molecule has 6 heteroatoms. The molecule has 0 radical (unpaired) electrons. The van der Waals surface area contributed by atoms with Crippen molar-refractivity contribution in [2.24, 2.45) is 5.41 Å². The minimum absolute atomic E-state index is 0.0970. The highest BCUT2D eigenvalue weighted by Gasteiger charge is 2.31. The van der Waals surface area contributed by atoms with Gasteiger partial charge in [-0.25, -0.2) is 4.57 Å². The van der Waals surface area contributed by atoms with Crippen molar-refractivity contribution in [1.29, 1.82) is 0 Å². The van der Waals surface area contributed by atoms with Crippen LogP contribution >= 0.6 is 7.82 Å². The molecule has 0 bridgehead atoms. The van der Waals surface area contributed by atoms with Gasteiger partial charge >= 0.3 is 7.82 Å². The number of hydrogen-bond donors (Lipinski definition) is 0. The molecule has 0 rings (SSSR count). The normalized spacial score (nSPS) is 12.8. The van der Waals surface area contributed by atoms with Gasteiger partial charge in [-0.05, 0) is 6.42 Å². The van der Waals surface area contributed by atoms with Crippen molar-refractivity contribution < 1.29 is 22.9 Å². The van der Waals surface area contributed by atoms with Gasteiger partial charge < -0.3 is 0 Å². The van der Waals surface area contributed by atoms with Gasteiger partial charge in [0.1, 0.15) is 6.61 Å². The molecule has 0 saturated heterocycles. The summed E-state index contributed by atoms with van der Waals surface area (Å²) in [7, 11) is -1.11. The molecule has 0 spiro atoms. The first-order chi connectivity index (χ1) is 7.81. The number of carbonyl (C=O) groups is 1. The molecular weight excluding hydrogens is 243 g/mol. The van der Waals surface area contributed by atoms with Crippen molar-refractivity contribution in [3.05, 3.63) is 0 Å². The molecule has 0 fully saturated rings. The average molecular weight is 266 g/mol. The second kappa shape index (κ2) is 7.27. The number of rotatable bonds is 9. The van der Waals surface area contributed by atoms with Crippen LogP contribution < -0.4 is 0 Å². The van der Waals surface area contributed by atoms with E-state index in [1.165, 1.54) is 14.2 Å². The molecule has 0 aliphatic rings. The highest BCUT2D eigenvalue weighted by molar-refractivity contribution is 7.48. The fraction of sp³-hybridized carbons (Fsp3) is 0.909. The number of carbonyl (C=O) groups excluding carboxylic acids is 1. The Balaban J connectivity index is 4.30. The molecule has 102 valence electrons. The fourth-order valence-electron chi connectivity index (χ4n) is 1.27. The number of phosphoric ester groups is 1. The van der Waals surface area contributed by atoms with Crippen molar-refractivity contribution >= 4 is 13.6 Å². The van der Waals surface area contributed by atoms with Crippen LogP contribution in [0.3, 0.4) is 0 Å². The standard InChI is InChI=1S/C11H23O5P/c1-6-7-8-11(2,3)10(12)9-16-17(13,14-4)15-5/h6-9H2,1-5H3. The van der Waals surface area contributed by atoms with E-state index in [0.717, 1.165) is 19.3 Å². The maximum absolute atomic E-state index is 11.9. The van der Waals surface area contributed by atoms with Gasteiger partial charge in [0.2, 0.25) is 0 Å². The van der Waals surface area contributed by atoms with Crippen molar-refractivity contribution in [3.63, 3.8) is 0 Å². The van der Waals surface area contributed by atoms with Crippen LogP contribution in [0.1, 0.15) is 40.0 Å². The summed E-state index contributed by atoms with van der Waals surface area (Å²) in [5.74, 6) is -0.0970. The molecule has 0 heterocycles. The van der Waals surface area contributed by atoms with E-state index in [4.69, 9.17) is 4.52 Å². The molecule has 0 aliphatic heterocycles. The minimum Gasteiger partial charge on any atom is -0.296 e. The molecule has 0 aliphatic carbocycles. The number of Topliss-reactive ketones (excluding diaryl/α,β-unsaturated/α-hetero) is 1. The first kappa shape index (κ1) is 16.8. The summed E-state index contributed by atoms with van der Waals surface area (Å²) < 4.78 is 25.7. The van der Waals surface area contributed by atoms with E-state index in [0.29, 0.717) is 0 Å². The summed E-state index contributed by atoms with van der Waals surface area (Å²) in [5, 5.41) is 0. The van der Waals surface area contributed by atoms with Gasteiger partial charge in [0, 0.05) is 19.6 Å². The number of unbranched alkanes of at least 4 members (excludes halogenated alkanes) is 1. The second-order valence-electron chi connectivity index (χ2n) is 4.50. The summed E-state index contributed by atoms with van der Waals surface area (Å²) in [4.78, 5) is 11.9. The lowest BCUT2D eigenvalue weighted by atomic mass is 9.83. The molecule has 5 nitrogen and oxygen atoms in total. The van der Waals surface area contributed by atoms with Gasteiger partial charge in [0.05, 0.1) is 0 Å². The van der Waals surface area contributed by atoms with Crippen LogP contribution in [0.2, 0.25) is 0 Å². The van der Waals surface area contributed by atoms with E-state index in [1.54, 1.807) is 0 Å². The van der Waals surface area contributed by atoms with Gasteiger partial charge in [-0.3, -0.25) is 18.4 Å². The van der Waals surface area contributed by atoms with E-state index in [-0.39, 0.29) is 12.4 Å². The van der Waals surface area contributed by atoms with Crippen molar-refractivity contribution in [2.75, 3.05) is 20.8 Å². The Kier molecular flexibility index (Phi) is 7.17. The highest BCUT2D eigenvalue weighted by Crippen LogP contribution is 2.47. The van der Waals surface area contributed by atoms with E-state index in [2.05, 4.69) is 16.0 Å². The summed E-state index contributed by atoms with van der Waals surface area (Å²) in [6.07, 6.45) is 2.80. The molecule has 0 aromatic heterocycles. The third-order valence-corrected chi connectivity index (χ3v) is 4.05. The zero-order valence-electron chi connectivity index (χ0n) is 11.3.